The summed E-state index contributed by atoms with van der Waals surface area (Å²) < 4.78 is 10.3. The van der Waals surface area contributed by atoms with Gasteiger partial charge in [0.15, 0.2) is 11.5 Å². The molecule has 0 aliphatic heterocycles. The quantitative estimate of drug-likeness (QED) is 0.336. The summed E-state index contributed by atoms with van der Waals surface area (Å²) in [7, 11) is 3.11. The molecular formula is C10H14N2O3. The molecule has 0 heterocycles. The average molecular weight is 210 g/mol. The lowest BCUT2D eigenvalue weighted by molar-refractivity contribution is 0.317. The van der Waals surface area contributed by atoms with E-state index in [1.54, 1.807) is 20.3 Å². The van der Waals surface area contributed by atoms with Crippen LogP contribution in [0.25, 0.3) is 0 Å². The minimum atomic E-state index is 0.126. The molecule has 1 aromatic carbocycles. The average Bonchev–Trinajstić information content (AvgIpc) is 2.28. The number of ether oxygens (including phenoxy) is 2. The van der Waals surface area contributed by atoms with Gasteiger partial charge in [0.2, 0.25) is 0 Å². The number of benzene rings is 1. The summed E-state index contributed by atoms with van der Waals surface area (Å²) in [6.45, 7) is 0. The van der Waals surface area contributed by atoms with Crippen LogP contribution in [0.15, 0.2) is 23.4 Å². The maximum absolute atomic E-state index is 8.48. The van der Waals surface area contributed by atoms with Gasteiger partial charge in [-0.1, -0.05) is 17.3 Å². The molecule has 0 aromatic heterocycles. The first kappa shape index (κ1) is 11.2. The SMILES string of the molecule is COc1cccc(C/C(N)=N\O)c1OC. The van der Waals surface area contributed by atoms with Gasteiger partial charge < -0.3 is 20.4 Å². The minimum Gasteiger partial charge on any atom is -0.493 e. The lowest BCUT2D eigenvalue weighted by atomic mass is 10.1. The summed E-state index contributed by atoms with van der Waals surface area (Å²) >= 11 is 0. The number of hydrogen-bond donors (Lipinski definition) is 2. The largest absolute Gasteiger partial charge is 0.493 e. The predicted octanol–water partition coefficient (Wildman–Crippen LogP) is 0.993. The molecule has 0 spiro atoms. The Morgan fingerprint density at radius 2 is 2.13 bits per heavy atom. The normalized spacial score (nSPS) is 11.2. The van der Waals surface area contributed by atoms with E-state index in [2.05, 4.69) is 5.16 Å². The maximum Gasteiger partial charge on any atom is 0.164 e. The van der Waals surface area contributed by atoms with Crippen molar-refractivity contribution in [1.29, 1.82) is 0 Å². The molecule has 0 bridgehead atoms. The molecule has 1 rings (SSSR count). The van der Waals surface area contributed by atoms with E-state index in [1.807, 2.05) is 12.1 Å². The first-order valence-corrected chi connectivity index (χ1v) is 4.39. The Kier molecular flexibility index (Phi) is 3.79. The van der Waals surface area contributed by atoms with Crippen molar-refractivity contribution >= 4 is 5.84 Å². The molecule has 3 N–H and O–H groups in total. The first-order chi connectivity index (χ1) is 7.22. The van der Waals surface area contributed by atoms with Crippen LogP contribution >= 0.6 is 0 Å². The lowest BCUT2D eigenvalue weighted by Crippen LogP contribution is -2.15. The van der Waals surface area contributed by atoms with Crippen LogP contribution in [0.1, 0.15) is 5.56 Å². The summed E-state index contributed by atoms with van der Waals surface area (Å²) in [6, 6.07) is 5.44. The summed E-state index contributed by atoms with van der Waals surface area (Å²) in [5.74, 6) is 1.36. The van der Waals surface area contributed by atoms with Crippen LogP contribution in [-0.4, -0.2) is 25.3 Å². The van der Waals surface area contributed by atoms with Crippen molar-refractivity contribution in [3.05, 3.63) is 23.8 Å². The zero-order valence-electron chi connectivity index (χ0n) is 8.73. The third-order valence-corrected chi connectivity index (χ3v) is 1.98. The molecule has 0 aliphatic rings. The molecule has 0 atom stereocenters. The number of para-hydroxylation sites is 1. The summed E-state index contributed by atoms with van der Waals surface area (Å²) in [6.07, 6.45) is 0.316. The topological polar surface area (TPSA) is 77.1 Å². The minimum absolute atomic E-state index is 0.126. The fourth-order valence-electron chi connectivity index (χ4n) is 1.32. The first-order valence-electron chi connectivity index (χ1n) is 4.39. The van der Waals surface area contributed by atoms with Crippen molar-refractivity contribution in [2.75, 3.05) is 14.2 Å². The fourth-order valence-corrected chi connectivity index (χ4v) is 1.32. The molecule has 15 heavy (non-hydrogen) atoms. The van der Waals surface area contributed by atoms with Crippen molar-refractivity contribution in [3.8, 4) is 11.5 Å². The summed E-state index contributed by atoms with van der Waals surface area (Å²) in [4.78, 5) is 0. The van der Waals surface area contributed by atoms with Gasteiger partial charge in [0.1, 0.15) is 5.84 Å². The number of nitrogens with zero attached hydrogens (tertiary/aromatic N) is 1. The number of nitrogens with two attached hydrogens (primary N) is 1. The second kappa shape index (κ2) is 5.09. The fraction of sp³-hybridized carbons (Fsp3) is 0.300. The highest BCUT2D eigenvalue weighted by Crippen LogP contribution is 2.30. The molecule has 1 aromatic rings. The van der Waals surface area contributed by atoms with Crippen LogP contribution in [0.2, 0.25) is 0 Å². The van der Waals surface area contributed by atoms with Gasteiger partial charge >= 0.3 is 0 Å². The Morgan fingerprint density at radius 1 is 1.40 bits per heavy atom. The van der Waals surface area contributed by atoms with Gasteiger partial charge in [-0.3, -0.25) is 0 Å². The highest BCUT2D eigenvalue weighted by atomic mass is 16.5. The smallest absolute Gasteiger partial charge is 0.164 e. The van der Waals surface area contributed by atoms with Gasteiger partial charge in [0.05, 0.1) is 14.2 Å². The predicted molar refractivity (Wildman–Crippen MR) is 56.7 cm³/mol. The number of hydrogen-bond acceptors (Lipinski definition) is 4. The van der Waals surface area contributed by atoms with E-state index in [1.165, 1.54) is 0 Å². The van der Waals surface area contributed by atoms with Crippen LogP contribution in [-0.2, 0) is 6.42 Å². The Labute approximate surface area is 88.1 Å². The van der Waals surface area contributed by atoms with Crippen molar-refractivity contribution in [1.82, 2.24) is 0 Å². The van der Waals surface area contributed by atoms with Crippen LogP contribution in [0.5, 0.6) is 11.5 Å². The molecule has 0 saturated heterocycles. The van der Waals surface area contributed by atoms with Crippen LogP contribution in [0, 0.1) is 0 Å². The highest BCUT2D eigenvalue weighted by molar-refractivity contribution is 5.83. The Bertz CT molecular complexity index is 364. The third kappa shape index (κ3) is 2.52. The standard InChI is InChI=1S/C10H14N2O3/c1-14-8-5-3-4-7(10(8)15-2)6-9(11)12-13/h3-5,13H,6H2,1-2H3,(H2,11,12). The molecule has 0 saturated carbocycles. The van der Waals surface area contributed by atoms with Crippen molar-refractivity contribution in [2.45, 2.75) is 6.42 Å². The number of methoxy groups -OCH3 is 2. The van der Waals surface area contributed by atoms with Crippen LogP contribution in [0.3, 0.4) is 0 Å². The maximum atomic E-state index is 8.48. The van der Waals surface area contributed by atoms with Gasteiger partial charge in [0.25, 0.3) is 0 Å². The Balaban J connectivity index is 3.06. The molecule has 0 fully saturated rings. The van der Waals surface area contributed by atoms with Gasteiger partial charge in [-0.05, 0) is 6.07 Å². The van der Waals surface area contributed by atoms with Gasteiger partial charge in [-0.15, -0.1) is 0 Å². The van der Waals surface area contributed by atoms with E-state index in [0.29, 0.717) is 17.9 Å². The second-order valence-corrected chi connectivity index (χ2v) is 2.92. The van der Waals surface area contributed by atoms with E-state index in [0.717, 1.165) is 5.56 Å². The van der Waals surface area contributed by atoms with E-state index in [-0.39, 0.29) is 5.84 Å². The molecule has 5 heteroatoms. The number of amidine groups is 1. The lowest BCUT2D eigenvalue weighted by Gasteiger charge is -2.11. The number of oxime groups is 1. The van der Waals surface area contributed by atoms with E-state index >= 15 is 0 Å². The van der Waals surface area contributed by atoms with Gasteiger partial charge in [-0.25, -0.2) is 0 Å². The van der Waals surface area contributed by atoms with Gasteiger partial charge in [0, 0.05) is 12.0 Å². The van der Waals surface area contributed by atoms with Crippen LogP contribution < -0.4 is 15.2 Å². The summed E-state index contributed by atoms with van der Waals surface area (Å²) in [5.41, 5.74) is 6.24. The molecular weight excluding hydrogens is 196 g/mol. The monoisotopic (exact) mass is 210 g/mol. The summed E-state index contributed by atoms with van der Waals surface area (Å²) in [5, 5.41) is 11.4. The number of rotatable bonds is 4. The van der Waals surface area contributed by atoms with E-state index in [4.69, 9.17) is 20.4 Å². The van der Waals surface area contributed by atoms with E-state index in [9.17, 15) is 0 Å². The second-order valence-electron chi connectivity index (χ2n) is 2.92. The third-order valence-electron chi connectivity index (χ3n) is 1.98. The molecule has 0 aliphatic carbocycles. The van der Waals surface area contributed by atoms with Crippen LogP contribution in [0.4, 0.5) is 0 Å². The molecule has 5 nitrogen and oxygen atoms in total. The van der Waals surface area contributed by atoms with Crippen molar-refractivity contribution < 1.29 is 14.7 Å². The van der Waals surface area contributed by atoms with E-state index < -0.39 is 0 Å². The zero-order valence-corrected chi connectivity index (χ0v) is 8.73. The van der Waals surface area contributed by atoms with Crippen molar-refractivity contribution in [3.63, 3.8) is 0 Å². The molecule has 0 unspecified atom stereocenters. The van der Waals surface area contributed by atoms with Gasteiger partial charge in [-0.2, -0.15) is 0 Å². The molecule has 0 radical (unpaired) electrons. The Morgan fingerprint density at radius 3 is 2.67 bits per heavy atom. The molecule has 82 valence electrons. The Hall–Kier alpha value is -1.91. The zero-order chi connectivity index (χ0) is 11.3. The molecule has 0 amide bonds. The van der Waals surface area contributed by atoms with Crippen molar-refractivity contribution in [2.24, 2.45) is 10.9 Å². The highest BCUT2D eigenvalue weighted by Gasteiger charge is 2.10.